The van der Waals surface area contributed by atoms with Gasteiger partial charge in [0, 0.05) is 5.39 Å². The van der Waals surface area contributed by atoms with Gasteiger partial charge in [0.25, 0.3) is 0 Å². The van der Waals surface area contributed by atoms with Gasteiger partial charge in [0.05, 0.1) is 5.56 Å². The second-order valence-corrected chi connectivity index (χ2v) is 5.34. The zero-order valence-corrected chi connectivity index (χ0v) is 12.2. The minimum absolute atomic E-state index is 0.279. The number of fused-ring (bicyclic) bond motifs is 3. The van der Waals surface area contributed by atoms with E-state index in [0.29, 0.717) is 5.52 Å². The van der Waals surface area contributed by atoms with Crippen molar-refractivity contribution in [3.63, 3.8) is 0 Å². The number of alkyl halides is 3. The van der Waals surface area contributed by atoms with E-state index in [9.17, 15) is 18.3 Å². The van der Waals surface area contributed by atoms with Gasteiger partial charge < -0.3 is 5.11 Å². The molecule has 0 fully saturated rings. The number of hydrogen-bond acceptors (Lipinski definition) is 2. The first kappa shape index (κ1) is 14.5. The molecule has 0 atom stereocenters. The van der Waals surface area contributed by atoms with Crippen LogP contribution in [0.5, 0.6) is 5.88 Å². The van der Waals surface area contributed by atoms with Crippen molar-refractivity contribution in [1.29, 1.82) is 0 Å². The smallest absolute Gasteiger partial charge is 0.416 e. The van der Waals surface area contributed by atoms with E-state index in [2.05, 4.69) is 5.21 Å². The SMILES string of the molecule is [O-]c1c2ccc3ccccc3[n+]2nn1-c1ccc(C(F)(F)F)cc1. The van der Waals surface area contributed by atoms with Crippen molar-refractivity contribution in [2.45, 2.75) is 6.18 Å². The van der Waals surface area contributed by atoms with Crippen molar-refractivity contribution < 1.29 is 22.8 Å². The van der Waals surface area contributed by atoms with Crippen LogP contribution in [-0.2, 0) is 6.18 Å². The number of para-hydroxylation sites is 1. The fraction of sp³-hybridized carbons (Fsp3) is 0.0588. The lowest BCUT2D eigenvalue weighted by Crippen LogP contribution is -2.25. The van der Waals surface area contributed by atoms with Crippen molar-refractivity contribution >= 4 is 16.4 Å². The molecule has 0 unspecified atom stereocenters. The van der Waals surface area contributed by atoms with Gasteiger partial charge in [-0.3, -0.25) is 0 Å². The molecule has 0 saturated carbocycles. The maximum atomic E-state index is 12.7. The molecule has 2 aromatic carbocycles. The Labute approximate surface area is 134 Å². The van der Waals surface area contributed by atoms with E-state index in [1.54, 1.807) is 6.07 Å². The summed E-state index contributed by atoms with van der Waals surface area (Å²) in [6.07, 6.45) is -4.42. The van der Waals surface area contributed by atoms with Crippen LogP contribution < -0.4 is 9.62 Å². The third-order valence-electron chi connectivity index (χ3n) is 3.84. The monoisotopic (exact) mass is 329 g/mol. The summed E-state index contributed by atoms with van der Waals surface area (Å²) in [5, 5.41) is 17.7. The quantitative estimate of drug-likeness (QED) is 0.504. The van der Waals surface area contributed by atoms with E-state index < -0.39 is 11.7 Å². The van der Waals surface area contributed by atoms with Gasteiger partial charge in [-0.05, 0) is 42.5 Å². The van der Waals surface area contributed by atoms with Crippen molar-refractivity contribution in [3.05, 3.63) is 66.2 Å². The van der Waals surface area contributed by atoms with Gasteiger partial charge in [0.15, 0.2) is 16.7 Å². The Morgan fingerprint density at radius 1 is 0.875 bits per heavy atom. The molecule has 0 saturated heterocycles. The van der Waals surface area contributed by atoms with E-state index >= 15 is 0 Å². The normalized spacial score (nSPS) is 12.1. The lowest BCUT2D eigenvalue weighted by molar-refractivity contribution is -0.556. The van der Waals surface area contributed by atoms with E-state index in [4.69, 9.17) is 0 Å². The second-order valence-electron chi connectivity index (χ2n) is 5.34. The van der Waals surface area contributed by atoms with Gasteiger partial charge in [0.1, 0.15) is 11.1 Å². The largest absolute Gasteiger partial charge is 0.837 e. The van der Waals surface area contributed by atoms with E-state index in [-0.39, 0.29) is 11.6 Å². The van der Waals surface area contributed by atoms with Gasteiger partial charge in [-0.1, -0.05) is 22.7 Å². The molecule has 0 N–H and O–H groups in total. The summed E-state index contributed by atoms with van der Waals surface area (Å²) >= 11 is 0. The Hall–Kier alpha value is -3.09. The maximum absolute atomic E-state index is 12.7. The molecule has 0 aliphatic heterocycles. The minimum Gasteiger partial charge on any atom is -0.837 e. The molecule has 2 aromatic heterocycles. The van der Waals surface area contributed by atoms with Crippen LogP contribution in [0.1, 0.15) is 5.56 Å². The summed E-state index contributed by atoms with van der Waals surface area (Å²) in [5.41, 5.74) is 0.612. The molecule has 24 heavy (non-hydrogen) atoms. The first-order valence-electron chi connectivity index (χ1n) is 7.12. The highest BCUT2D eigenvalue weighted by Gasteiger charge is 2.30. The molecule has 0 amide bonds. The maximum Gasteiger partial charge on any atom is 0.416 e. The molecule has 4 rings (SSSR count). The predicted octanol–water partition coefficient (Wildman–Crippen LogP) is 2.86. The molecule has 0 spiro atoms. The molecule has 4 nitrogen and oxygen atoms in total. The van der Waals surface area contributed by atoms with Gasteiger partial charge in [0.2, 0.25) is 0 Å². The Bertz CT molecular complexity index is 1050. The molecular formula is C17H10F3N3O. The third kappa shape index (κ3) is 2.17. The molecule has 4 aromatic rings. The number of aromatic nitrogens is 3. The summed E-state index contributed by atoms with van der Waals surface area (Å²) in [7, 11) is 0. The Kier molecular flexibility index (Phi) is 2.99. The number of halogens is 3. The number of benzene rings is 2. The average Bonchev–Trinajstić information content (AvgIpc) is 2.92. The number of hydrogen-bond donors (Lipinski definition) is 0. The van der Waals surface area contributed by atoms with Crippen LogP contribution in [0.2, 0.25) is 0 Å². The van der Waals surface area contributed by atoms with Crippen LogP contribution in [0.3, 0.4) is 0 Å². The highest BCUT2D eigenvalue weighted by Crippen LogP contribution is 2.30. The van der Waals surface area contributed by atoms with Crippen LogP contribution in [0, 0.1) is 0 Å². The molecule has 0 aliphatic rings. The highest BCUT2D eigenvalue weighted by molar-refractivity contribution is 5.77. The average molecular weight is 329 g/mol. The number of pyridine rings is 1. The Morgan fingerprint density at radius 2 is 1.58 bits per heavy atom. The van der Waals surface area contributed by atoms with E-state index in [0.717, 1.165) is 27.7 Å². The highest BCUT2D eigenvalue weighted by atomic mass is 19.4. The molecule has 2 heterocycles. The topological polar surface area (TPSA) is 45.0 Å². The Balaban J connectivity index is 1.91. The van der Waals surface area contributed by atoms with Crippen LogP contribution in [0.25, 0.3) is 22.1 Å². The van der Waals surface area contributed by atoms with Crippen LogP contribution >= 0.6 is 0 Å². The second kappa shape index (κ2) is 4.95. The lowest BCUT2D eigenvalue weighted by atomic mass is 10.2. The van der Waals surface area contributed by atoms with E-state index in [1.165, 1.54) is 16.6 Å². The summed E-state index contributed by atoms with van der Waals surface area (Å²) in [4.78, 5) is 0. The molecule has 120 valence electrons. The lowest BCUT2D eigenvalue weighted by Gasteiger charge is -2.06. The van der Waals surface area contributed by atoms with Crippen molar-refractivity contribution in [2.24, 2.45) is 0 Å². The third-order valence-corrected chi connectivity index (χ3v) is 3.84. The van der Waals surface area contributed by atoms with Crippen LogP contribution in [0.4, 0.5) is 13.2 Å². The molecule has 0 bridgehead atoms. The zero-order valence-electron chi connectivity index (χ0n) is 12.2. The molecule has 0 aliphatic carbocycles. The van der Waals surface area contributed by atoms with Gasteiger partial charge in [-0.15, -0.1) is 4.68 Å². The minimum atomic E-state index is -4.42. The van der Waals surface area contributed by atoms with Crippen molar-refractivity contribution in [3.8, 4) is 11.6 Å². The van der Waals surface area contributed by atoms with E-state index in [1.807, 2.05) is 30.3 Å². The van der Waals surface area contributed by atoms with Gasteiger partial charge >= 0.3 is 6.18 Å². The summed E-state index contributed by atoms with van der Waals surface area (Å²) in [5.74, 6) is -0.388. The number of rotatable bonds is 1. The summed E-state index contributed by atoms with van der Waals surface area (Å²) in [6, 6.07) is 15.2. The zero-order chi connectivity index (χ0) is 16.9. The molecular weight excluding hydrogens is 319 g/mol. The fourth-order valence-electron chi connectivity index (χ4n) is 2.65. The van der Waals surface area contributed by atoms with Gasteiger partial charge in [-0.25, -0.2) is 0 Å². The standard InChI is InChI=1S/C17H10F3N3O/c18-17(19,20)12-6-8-13(9-7-12)22-16(24)15-10-5-11-3-1-2-4-14(11)23(15)21-22/h1-10H. The van der Waals surface area contributed by atoms with Crippen LogP contribution in [0.15, 0.2) is 60.7 Å². The molecule has 0 radical (unpaired) electrons. The van der Waals surface area contributed by atoms with Crippen molar-refractivity contribution in [1.82, 2.24) is 9.90 Å². The predicted molar refractivity (Wildman–Crippen MR) is 78.7 cm³/mol. The first-order valence-corrected chi connectivity index (χ1v) is 7.12. The summed E-state index contributed by atoms with van der Waals surface area (Å²) in [6.45, 7) is 0. The summed E-state index contributed by atoms with van der Waals surface area (Å²) < 4.78 is 40.6. The molecule has 7 heteroatoms. The van der Waals surface area contributed by atoms with Gasteiger partial charge in [-0.2, -0.15) is 13.2 Å². The van der Waals surface area contributed by atoms with Crippen LogP contribution in [-0.4, -0.2) is 9.90 Å². The fourth-order valence-corrected chi connectivity index (χ4v) is 2.65. The van der Waals surface area contributed by atoms with Crippen molar-refractivity contribution in [2.75, 3.05) is 0 Å². The Morgan fingerprint density at radius 3 is 2.29 bits per heavy atom. The number of nitrogens with zero attached hydrogens (tertiary/aromatic N) is 3. The first-order chi connectivity index (χ1) is 11.4.